The SMILES string of the molecule is COC(=O)CCCc1c(-c2ccc(Cl)cc2)[nH]c2ccc(Cl)cc12. The van der Waals surface area contributed by atoms with E-state index in [2.05, 4.69) is 4.98 Å². The van der Waals surface area contributed by atoms with E-state index in [1.807, 2.05) is 42.5 Å². The number of ether oxygens (including phenoxy) is 1. The van der Waals surface area contributed by atoms with Gasteiger partial charge in [0, 0.05) is 33.1 Å². The topological polar surface area (TPSA) is 42.1 Å². The first kappa shape index (κ1) is 16.9. The van der Waals surface area contributed by atoms with Crippen LogP contribution in [0.3, 0.4) is 0 Å². The zero-order valence-electron chi connectivity index (χ0n) is 13.2. The zero-order chi connectivity index (χ0) is 17.1. The molecule has 0 atom stereocenters. The molecule has 5 heteroatoms. The molecule has 0 aliphatic carbocycles. The summed E-state index contributed by atoms with van der Waals surface area (Å²) in [5.41, 5.74) is 4.27. The third-order valence-corrected chi connectivity index (χ3v) is 4.52. The minimum Gasteiger partial charge on any atom is -0.469 e. The highest BCUT2D eigenvalue weighted by Crippen LogP contribution is 2.33. The predicted molar refractivity (Wildman–Crippen MR) is 98.7 cm³/mol. The van der Waals surface area contributed by atoms with Gasteiger partial charge in [-0.3, -0.25) is 4.79 Å². The standard InChI is InChI=1S/C19H17Cl2NO2/c1-24-18(23)4-2-3-15-16-11-14(21)9-10-17(16)22-19(15)12-5-7-13(20)8-6-12/h5-11,22H,2-4H2,1H3. The Hall–Kier alpha value is -1.97. The third-order valence-electron chi connectivity index (χ3n) is 4.04. The van der Waals surface area contributed by atoms with Crippen molar-refractivity contribution in [1.82, 2.24) is 4.98 Å². The van der Waals surface area contributed by atoms with Crippen molar-refractivity contribution in [3.8, 4) is 11.3 Å². The first-order chi connectivity index (χ1) is 11.6. The molecule has 0 aliphatic heterocycles. The lowest BCUT2D eigenvalue weighted by Gasteiger charge is -2.06. The van der Waals surface area contributed by atoms with E-state index in [0.717, 1.165) is 34.1 Å². The lowest BCUT2D eigenvalue weighted by Crippen LogP contribution is -2.00. The lowest BCUT2D eigenvalue weighted by molar-refractivity contribution is -0.140. The van der Waals surface area contributed by atoms with Crippen LogP contribution in [0.15, 0.2) is 42.5 Å². The number of rotatable bonds is 5. The molecule has 24 heavy (non-hydrogen) atoms. The van der Waals surface area contributed by atoms with Gasteiger partial charge in [-0.2, -0.15) is 0 Å². The Morgan fingerprint density at radius 2 is 1.79 bits per heavy atom. The highest BCUT2D eigenvalue weighted by atomic mass is 35.5. The molecule has 0 saturated heterocycles. The molecule has 1 N–H and O–H groups in total. The van der Waals surface area contributed by atoms with E-state index < -0.39 is 0 Å². The summed E-state index contributed by atoms with van der Waals surface area (Å²) < 4.78 is 4.72. The monoisotopic (exact) mass is 361 g/mol. The molecule has 0 saturated carbocycles. The van der Waals surface area contributed by atoms with Crippen molar-refractivity contribution in [1.29, 1.82) is 0 Å². The number of methoxy groups -OCH3 is 1. The fourth-order valence-electron chi connectivity index (χ4n) is 2.85. The van der Waals surface area contributed by atoms with Crippen LogP contribution in [0.25, 0.3) is 22.2 Å². The average molecular weight is 362 g/mol. The molecule has 2 aromatic carbocycles. The summed E-state index contributed by atoms with van der Waals surface area (Å²) >= 11 is 12.2. The Morgan fingerprint density at radius 1 is 1.08 bits per heavy atom. The molecule has 0 amide bonds. The number of aromatic nitrogens is 1. The van der Waals surface area contributed by atoms with Crippen molar-refractivity contribution in [3.05, 3.63) is 58.1 Å². The fourth-order valence-corrected chi connectivity index (χ4v) is 3.15. The van der Waals surface area contributed by atoms with Crippen LogP contribution in [0.4, 0.5) is 0 Å². The van der Waals surface area contributed by atoms with Crippen molar-refractivity contribution in [2.75, 3.05) is 7.11 Å². The summed E-state index contributed by atoms with van der Waals surface area (Å²) in [5, 5.41) is 2.47. The summed E-state index contributed by atoms with van der Waals surface area (Å²) in [6.45, 7) is 0. The molecule has 0 aliphatic rings. The summed E-state index contributed by atoms with van der Waals surface area (Å²) in [6, 6.07) is 13.5. The second-order valence-corrected chi connectivity index (χ2v) is 6.48. The number of fused-ring (bicyclic) bond motifs is 1. The van der Waals surface area contributed by atoms with Gasteiger partial charge in [-0.05, 0) is 54.3 Å². The third kappa shape index (κ3) is 3.58. The first-order valence-electron chi connectivity index (χ1n) is 7.71. The number of H-pyrrole nitrogens is 1. The molecule has 124 valence electrons. The van der Waals surface area contributed by atoms with E-state index in [0.29, 0.717) is 22.9 Å². The molecule has 1 aromatic heterocycles. The normalized spacial score (nSPS) is 11.0. The molecule has 0 unspecified atom stereocenters. The van der Waals surface area contributed by atoms with Gasteiger partial charge in [-0.1, -0.05) is 35.3 Å². The smallest absolute Gasteiger partial charge is 0.305 e. The van der Waals surface area contributed by atoms with Crippen LogP contribution in [-0.2, 0) is 16.0 Å². The number of benzene rings is 2. The predicted octanol–water partition coefficient (Wildman–Crippen LogP) is 5.64. The molecule has 0 radical (unpaired) electrons. The van der Waals surface area contributed by atoms with Gasteiger partial charge >= 0.3 is 5.97 Å². The van der Waals surface area contributed by atoms with Gasteiger partial charge in [-0.15, -0.1) is 0 Å². The molecule has 0 spiro atoms. The van der Waals surface area contributed by atoms with Crippen LogP contribution in [0.5, 0.6) is 0 Å². The number of hydrogen-bond acceptors (Lipinski definition) is 2. The number of carbonyl (C=O) groups is 1. The molecule has 0 bridgehead atoms. The fraction of sp³-hybridized carbons (Fsp3) is 0.211. The molecule has 3 rings (SSSR count). The largest absolute Gasteiger partial charge is 0.469 e. The Balaban J connectivity index is 2.01. The quantitative estimate of drug-likeness (QED) is 0.597. The van der Waals surface area contributed by atoms with Crippen molar-refractivity contribution in [3.63, 3.8) is 0 Å². The average Bonchev–Trinajstić information content (AvgIpc) is 2.93. The van der Waals surface area contributed by atoms with E-state index in [9.17, 15) is 4.79 Å². The van der Waals surface area contributed by atoms with Crippen LogP contribution < -0.4 is 0 Å². The second-order valence-electron chi connectivity index (χ2n) is 5.61. The first-order valence-corrected chi connectivity index (χ1v) is 8.47. The maximum atomic E-state index is 11.4. The number of nitrogens with one attached hydrogen (secondary N) is 1. The minimum atomic E-state index is -0.194. The van der Waals surface area contributed by atoms with E-state index >= 15 is 0 Å². The summed E-state index contributed by atoms with van der Waals surface area (Å²) in [7, 11) is 1.41. The maximum absolute atomic E-state index is 11.4. The van der Waals surface area contributed by atoms with Gasteiger partial charge < -0.3 is 9.72 Å². The van der Waals surface area contributed by atoms with Gasteiger partial charge in [0.1, 0.15) is 0 Å². The molecular formula is C19H17Cl2NO2. The maximum Gasteiger partial charge on any atom is 0.305 e. The van der Waals surface area contributed by atoms with Crippen molar-refractivity contribution in [2.45, 2.75) is 19.3 Å². The Morgan fingerprint density at radius 3 is 2.50 bits per heavy atom. The molecule has 0 fully saturated rings. The highest BCUT2D eigenvalue weighted by Gasteiger charge is 2.14. The number of carbonyl (C=O) groups excluding carboxylic acids is 1. The number of esters is 1. The number of aryl methyl sites for hydroxylation is 1. The van der Waals surface area contributed by atoms with Crippen LogP contribution in [0.2, 0.25) is 10.0 Å². The molecule has 1 heterocycles. The van der Waals surface area contributed by atoms with Crippen molar-refractivity contribution in [2.24, 2.45) is 0 Å². The van der Waals surface area contributed by atoms with Crippen LogP contribution in [0.1, 0.15) is 18.4 Å². The summed E-state index contributed by atoms with van der Waals surface area (Å²) in [5.74, 6) is -0.194. The summed E-state index contributed by atoms with van der Waals surface area (Å²) in [6.07, 6.45) is 1.87. The Labute approximate surface area is 150 Å². The van der Waals surface area contributed by atoms with Crippen LogP contribution in [-0.4, -0.2) is 18.1 Å². The lowest BCUT2D eigenvalue weighted by atomic mass is 10.0. The van der Waals surface area contributed by atoms with E-state index in [1.165, 1.54) is 7.11 Å². The van der Waals surface area contributed by atoms with Gasteiger partial charge in [0.2, 0.25) is 0 Å². The Bertz CT molecular complexity index is 869. The van der Waals surface area contributed by atoms with Gasteiger partial charge in [-0.25, -0.2) is 0 Å². The highest BCUT2D eigenvalue weighted by molar-refractivity contribution is 6.31. The molecule has 3 nitrogen and oxygen atoms in total. The van der Waals surface area contributed by atoms with Gasteiger partial charge in [0.25, 0.3) is 0 Å². The minimum absolute atomic E-state index is 0.194. The van der Waals surface area contributed by atoms with Gasteiger partial charge in [0.05, 0.1) is 7.11 Å². The zero-order valence-corrected chi connectivity index (χ0v) is 14.7. The number of hydrogen-bond donors (Lipinski definition) is 1. The number of halogens is 2. The Kier molecular flexibility index (Phi) is 5.12. The van der Waals surface area contributed by atoms with Gasteiger partial charge in [0.15, 0.2) is 0 Å². The van der Waals surface area contributed by atoms with Crippen LogP contribution >= 0.6 is 23.2 Å². The van der Waals surface area contributed by atoms with Crippen molar-refractivity contribution < 1.29 is 9.53 Å². The second kappa shape index (κ2) is 7.29. The summed E-state index contributed by atoms with van der Waals surface area (Å²) in [4.78, 5) is 14.8. The van der Waals surface area contributed by atoms with E-state index in [-0.39, 0.29) is 5.97 Å². The van der Waals surface area contributed by atoms with E-state index in [1.54, 1.807) is 0 Å². The number of aromatic amines is 1. The molecular weight excluding hydrogens is 345 g/mol. The van der Waals surface area contributed by atoms with Crippen LogP contribution in [0, 0.1) is 0 Å². The van der Waals surface area contributed by atoms with E-state index in [4.69, 9.17) is 27.9 Å². The van der Waals surface area contributed by atoms with Crippen molar-refractivity contribution >= 4 is 40.1 Å². The molecule has 3 aromatic rings.